The fourth-order valence-corrected chi connectivity index (χ4v) is 3.11. The summed E-state index contributed by atoms with van der Waals surface area (Å²) in [6.45, 7) is 0.918. The minimum absolute atomic E-state index is 0. The second-order valence-corrected chi connectivity index (χ2v) is 6.51. The van der Waals surface area contributed by atoms with Gasteiger partial charge in [0.05, 0.1) is 13.2 Å². The van der Waals surface area contributed by atoms with E-state index in [0.717, 1.165) is 12.8 Å². The molecule has 1 aliphatic rings. The molecule has 0 saturated heterocycles. The van der Waals surface area contributed by atoms with Crippen molar-refractivity contribution in [3.05, 3.63) is 48.0 Å². The Morgan fingerprint density at radius 3 is 2.46 bits per heavy atom. The van der Waals surface area contributed by atoms with Gasteiger partial charge >= 0.3 is 0 Å². The van der Waals surface area contributed by atoms with Crippen LogP contribution >= 0.6 is 12.4 Å². The SMILES string of the molecule is COc1cc(C(=O)Nc2ccc(OCCN)cc2)ccc1OC1CCCC1.Cl. The highest BCUT2D eigenvalue weighted by molar-refractivity contribution is 6.04. The van der Waals surface area contributed by atoms with Crippen molar-refractivity contribution in [3.63, 3.8) is 0 Å². The predicted molar refractivity (Wildman–Crippen MR) is 112 cm³/mol. The number of carbonyl (C=O) groups is 1. The molecule has 3 N–H and O–H groups in total. The van der Waals surface area contributed by atoms with Crippen molar-refractivity contribution in [2.75, 3.05) is 25.6 Å². The summed E-state index contributed by atoms with van der Waals surface area (Å²) >= 11 is 0. The van der Waals surface area contributed by atoms with Crippen LogP contribution in [0, 0.1) is 0 Å². The van der Waals surface area contributed by atoms with Gasteiger partial charge in [-0.25, -0.2) is 0 Å². The largest absolute Gasteiger partial charge is 0.493 e. The maximum Gasteiger partial charge on any atom is 0.255 e. The Kier molecular flexibility index (Phi) is 8.42. The van der Waals surface area contributed by atoms with Crippen LogP contribution in [0.3, 0.4) is 0 Å². The Labute approximate surface area is 171 Å². The van der Waals surface area contributed by atoms with Gasteiger partial charge in [-0.2, -0.15) is 0 Å². The lowest BCUT2D eigenvalue weighted by Gasteiger charge is -2.16. The van der Waals surface area contributed by atoms with Crippen LogP contribution in [0.1, 0.15) is 36.0 Å². The molecule has 0 aromatic heterocycles. The third kappa shape index (κ3) is 5.78. The number of amides is 1. The number of nitrogens with one attached hydrogen (secondary N) is 1. The van der Waals surface area contributed by atoms with Crippen molar-refractivity contribution < 1.29 is 19.0 Å². The van der Waals surface area contributed by atoms with E-state index in [-0.39, 0.29) is 24.4 Å². The maximum absolute atomic E-state index is 12.5. The zero-order chi connectivity index (χ0) is 19.1. The number of benzene rings is 2. The molecule has 0 radical (unpaired) electrons. The molecule has 0 atom stereocenters. The normalized spacial score (nSPS) is 13.5. The number of nitrogens with two attached hydrogens (primary N) is 1. The third-order valence-corrected chi connectivity index (χ3v) is 4.52. The number of methoxy groups -OCH3 is 1. The highest BCUT2D eigenvalue weighted by Crippen LogP contribution is 2.32. The third-order valence-electron chi connectivity index (χ3n) is 4.52. The van der Waals surface area contributed by atoms with Crippen LogP contribution in [-0.4, -0.2) is 32.3 Å². The first-order valence-corrected chi connectivity index (χ1v) is 9.28. The highest BCUT2D eigenvalue weighted by Gasteiger charge is 2.19. The van der Waals surface area contributed by atoms with E-state index in [4.69, 9.17) is 19.9 Å². The summed E-state index contributed by atoms with van der Waals surface area (Å²) in [5, 5.41) is 2.87. The fraction of sp³-hybridized carbons (Fsp3) is 0.381. The number of rotatable bonds is 8. The molecule has 3 rings (SSSR count). The van der Waals surface area contributed by atoms with Gasteiger partial charge in [-0.3, -0.25) is 4.79 Å². The van der Waals surface area contributed by atoms with Crippen LogP contribution in [0.5, 0.6) is 17.2 Å². The molecule has 0 heterocycles. The fourth-order valence-electron chi connectivity index (χ4n) is 3.11. The standard InChI is InChI=1S/C21H26N2O4.ClH/c1-25-20-14-15(6-11-19(20)27-18-4-2-3-5-18)21(24)23-16-7-9-17(10-8-16)26-13-12-22;/h6-11,14,18H,2-5,12-13,22H2,1H3,(H,23,24);1H. The highest BCUT2D eigenvalue weighted by atomic mass is 35.5. The van der Waals surface area contributed by atoms with E-state index < -0.39 is 0 Å². The average Bonchev–Trinajstić information content (AvgIpc) is 3.21. The van der Waals surface area contributed by atoms with Gasteiger partial charge in [0, 0.05) is 17.8 Å². The molecular formula is C21H27ClN2O4. The second-order valence-electron chi connectivity index (χ2n) is 6.51. The Morgan fingerprint density at radius 1 is 1.11 bits per heavy atom. The summed E-state index contributed by atoms with van der Waals surface area (Å²) in [6.07, 6.45) is 4.76. The lowest BCUT2D eigenvalue weighted by molar-refractivity contribution is 0.102. The number of carbonyl (C=O) groups excluding carboxylic acids is 1. The van der Waals surface area contributed by atoms with Gasteiger partial charge in [0.25, 0.3) is 5.91 Å². The van der Waals surface area contributed by atoms with Gasteiger partial charge in [-0.15, -0.1) is 12.4 Å². The quantitative estimate of drug-likeness (QED) is 0.691. The zero-order valence-electron chi connectivity index (χ0n) is 16.0. The molecule has 0 spiro atoms. The first-order chi connectivity index (χ1) is 13.2. The van der Waals surface area contributed by atoms with Crippen LogP contribution < -0.4 is 25.3 Å². The van der Waals surface area contributed by atoms with Gasteiger partial charge < -0.3 is 25.3 Å². The molecule has 0 unspecified atom stereocenters. The van der Waals surface area contributed by atoms with Gasteiger partial charge in [-0.1, -0.05) is 0 Å². The molecule has 1 amide bonds. The molecule has 0 aliphatic heterocycles. The number of halogens is 1. The first-order valence-electron chi connectivity index (χ1n) is 9.28. The Balaban J connectivity index is 0.00000280. The topological polar surface area (TPSA) is 82.8 Å². The van der Waals surface area contributed by atoms with Crippen LogP contribution in [0.2, 0.25) is 0 Å². The summed E-state index contributed by atoms with van der Waals surface area (Å²) in [5.74, 6) is 1.76. The lowest BCUT2D eigenvalue weighted by Crippen LogP contribution is -2.14. The van der Waals surface area contributed by atoms with Gasteiger partial charge in [0.1, 0.15) is 12.4 Å². The zero-order valence-corrected chi connectivity index (χ0v) is 16.8. The summed E-state index contributed by atoms with van der Waals surface area (Å²) in [4.78, 5) is 12.5. The molecule has 2 aromatic carbocycles. The van der Waals surface area contributed by atoms with Crippen LogP contribution in [0.4, 0.5) is 5.69 Å². The molecular weight excluding hydrogens is 380 g/mol. The van der Waals surface area contributed by atoms with Crippen molar-refractivity contribution in [1.29, 1.82) is 0 Å². The monoisotopic (exact) mass is 406 g/mol. The van der Waals surface area contributed by atoms with Gasteiger partial charge in [0.2, 0.25) is 0 Å². The van der Waals surface area contributed by atoms with E-state index in [0.29, 0.717) is 41.7 Å². The molecule has 7 heteroatoms. The average molecular weight is 407 g/mol. The van der Waals surface area contributed by atoms with E-state index in [9.17, 15) is 4.79 Å². The van der Waals surface area contributed by atoms with Crippen molar-refractivity contribution >= 4 is 24.0 Å². The van der Waals surface area contributed by atoms with E-state index in [2.05, 4.69) is 5.32 Å². The van der Waals surface area contributed by atoms with E-state index >= 15 is 0 Å². The molecule has 28 heavy (non-hydrogen) atoms. The summed E-state index contributed by atoms with van der Waals surface area (Å²) in [5.41, 5.74) is 6.61. The molecule has 1 aliphatic carbocycles. The van der Waals surface area contributed by atoms with Crippen molar-refractivity contribution in [2.45, 2.75) is 31.8 Å². The Bertz CT molecular complexity index is 762. The molecule has 152 valence electrons. The summed E-state index contributed by atoms with van der Waals surface area (Å²) < 4.78 is 16.9. The number of hydrogen-bond donors (Lipinski definition) is 2. The predicted octanol–water partition coefficient (Wildman–Crippen LogP) is 4.03. The molecule has 6 nitrogen and oxygen atoms in total. The number of hydrogen-bond acceptors (Lipinski definition) is 5. The minimum Gasteiger partial charge on any atom is -0.493 e. The number of ether oxygens (including phenoxy) is 3. The van der Waals surface area contributed by atoms with Crippen molar-refractivity contribution in [2.24, 2.45) is 5.73 Å². The van der Waals surface area contributed by atoms with Crippen LogP contribution in [0.25, 0.3) is 0 Å². The molecule has 1 saturated carbocycles. The first kappa shape index (κ1) is 21.9. The lowest BCUT2D eigenvalue weighted by atomic mass is 10.1. The Hall–Kier alpha value is -2.44. The number of anilines is 1. The van der Waals surface area contributed by atoms with Crippen LogP contribution in [0.15, 0.2) is 42.5 Å². The smallest absolute Gasteiger partial charge is 0.255 e. The van der Waals surface area contributed by atoms with Crippen molar-refractivity contribution in [3.8, 4) is 17.2 Å². The molecule has 2 aromatic rings. The van der Waals surface area contributed by atoms with Gasteiger partial charge in [0.15, 0.2) is 11.5 Å². The maximum atomic E-state index is 12.5. The van der Waals surface area contributed by atoms with E-state index in [1.54, 1.807) is 49.6 Å². The van der Waals surface area contributed by atoms with Gasteiger partial charge in [-0.05, 0) is 68.1 Å². The molecule has 0 bridgehead atoms. The van der Waals surface area contributed by atoms with E-state index in [1.165, 1.54) is 12.8 Å². The summed E-state index contributed by atoms with van der Waals surface area (Å²) in [6, 6.07) is 12.4. The Morgan fingerprint density at radius 2 is 1.82 bits per heavy atom. The van der Waals surface area contributed by atoms with Crippen molar-refractivity contribution in [1.82, 2.24) is 0 Å². The molecule has 1 fully saturated rings. The second kappa shape index (κ2) is 10.8. The minimum atomic E-state index is -0.212. The van der Waals surface area contributed by atoms with Crippen LogP contribution in [-0.2, 0) is 0 Å². The van der Waals surface area contributed by atoms with E-state index in [1.807, 2.05) is 0 Å². The summed E-state index contributed by atoms with van der Waals surface area (Å²) in [7, 11) is 1.58.